The van der Waals surface area contributed by atoms with Crippen LogP contribution in [0.5, 0.6) is 11.5 Å². The lowest BCUT2D eigenvalue weighted by molar-refractivity contribution is -0.104. The van der Waals surface area contributed by atoms with Crippen molar-refractivity contribution >= 4 is 18.9 Å². The molecule has 2 rings (SSSR count). The van der Waals surface area contributed by atoms with Crippen molar-refractivity contribution < 1.29 is 19.0 Å². The van der Waals surface area contributed by atoms with Gasteiger partial charge in [0.25, 0.3) is 0 Å². The molecule has 0 spiro atoms. The number of hydrogen-bond donors (Lipinski definition) is 1. The van der Waals surface area contributed by atoms with Crippen LogP contribution in [0.4, 0.5) is 0 Å². The van der Waals surface area contributed by atoms with Crippen LogP contribution in [0.25, 0.3) is 0 Å². The highest BCUT2D eigenvalue weighted by Gasteiger charge is 2.31. The second-order valence-electron chi connectivity index (χ2n) is 5.65. The number of allylic oxidation sites excluding steroid dienone is 2. The van der Waals surface area contributed by atoms with E-state index in [0.717, 1.165) is 40.0 Å². The van der Waals surface area contributed by atoms with Crippen molar-refractivity contribution in [2.75, 3.05) is 19.5 Å². The van der Waals surface area contributed by atoms with E-state index in [0.29, 0.717) is 31.0 Å². The fourth-order valence-electron chi connectivity index (χ4n) is 2.96. The molecule has 0 bridgehead atoms. The van der Waals surface area contributed by atoms with Crippen molar-refractivity contribution in [1.82, 2.24) is 0 Å². The Morgan fingerprint density at radius 2 is 2.17 bits per heavy atom. The molecule has 1 heterocycles. The Hall–Kier alpha value is -1.46. The lowest BCUT2D eigenvalue weighted by atomic mass is 9.93. The molecule has 0 aromatic heterocycles. The van der Waals surface area contributed by atoms with E-state index in [1.54, 1.807) is 14.0 Å². The average molecular weight is 336 g/mol. The summed E-state index contributed by atoms with van der Waals surface area (Å²) in [5.74, 6) is 2.25. The summed E-state index contributed by atoms with van der Waals surface area (Å²) in [6.07, 6.45) is 3.31. The Bertz CT molecular complexity index is 622. The smallest absolute Gasteiger partial charge is 0.145 e. The summed E-state index contributed by atoms with van der Waals surface area (Å²) in [5.41, 5.74) is 4.97. The Morgan fingerprint density at radius 3 is 2.78 bits per heavy atom. The monoisotopic (exact) mass is 336 g/mol. The molecule has 1 aliphatic rings. The minimum atomic E-state index is -0.0144. The van der Waals surface area contributed by atoms with E-state index >= 15 is 0 Å². The van der Waals surface area contributed by atoms with Crippen LogP contribution in [0, 0.1) is 6.92 Å². The van der Waals surface area contributed by atoms with Gasteiger partial charge in [0.15, 0.2) is 0 Å². The van der Waals surface area contributed by atoms with Gasteiger partial charge in [0.05, 0.1) is 26.4 Å². The van der Waals surface area contributed by atoms with Gasteiger partial charge in [0, 0.05) is 16.9 Å². The molecule has 1 aromatic carbocycles. The Balaban J connectivity index is 2.62. The predicted molar refractivity (Wildman–Crippen MR) is 93.8 cm³/mol. The van der Waals surface area contributed by atoms with E-state index in [4.69, 9.17) is 14.2 Å². The summed E-state index contributed by atoms with van der Waals surface area (Å²) in [5, 5.41) is 0. The van der Waals surface area contributed by atoms with Crippen LogP contribution in [-0.2, 0) is 22.6 Å². The number of methoxy groups -OCH3 is 1. The number of thiol groups is 1. The molecule has 0 N–H and O–H groups in total. The van der Waals surface area contributed by atoms with Crippen molar-refractivity contribution in [2.24, 2.45) is 0 Å². The molecule has 23 heavy (non-hydrogen) atoms. The number of aldehydes is 1. The second kappa shape index (κ2) is 7.88. The third kappa shape index (κ3) is 3.56. The van der Waals surface area contributed by atoms with Gasteiger partial charge in [-0.25, -0.2) is 0 Å². The summed E-state index contributed by atoms with van der Waals surface area (Å²) in [6, 6.07) is 0. The molecular weight excluding hydrogens is 312 g/mol. The van der Waals surface area contributed by atoms with E-state index in [-0.39, 0.29) is 6.10 Å². The zero-order chi connectivity index (χ0) is 17.0. The number of rotatable bonds is 7. The van der Waals surface area contributed by atoms with Gasteiger partial charge in [-0.1, -0.05) is 6.08 Å². The molecule has 5 heteroatoms. The zero-order valence-corrected chi connectivity index (χ0v) is 15.0. The summed E-state index contributed by atoms with van der Waals surface area (Å²) >= 11 is 4.24. The van der Waals surface area contributed by atoms with Gasteiger partial charge in [-0.15, -0.1) is 0 Å². The Labute approximate surface area is 143 Å². The minimum Gasteiger partial charge on any atom is -0.496 e. The van der Waals surface area contributed by atoms with Gasteiger partial charge in [0.2, 0.25) is 0 Å². The molecular formula is C18H24O4S. The van der Waals surface area contributed by atoms with Gasteiger partial charge in [-0.2, -0.15) is 12.6 Å². The van der Waals surface area contributed by atoms with Crippen LogP contribution in [0.1, 0.15) is 42.2 Å². The fraction of sp³-hybridized carbons (Fsp3) is 0.500. The predicted octanol–water partition coefficient (Wildman–Crippen LogP) is 3.59. The standard InChI is InChI=1S/C18H24O4S/c1-11(9-19)5-6-14-17(20-4)12(2)15-10-22-13(3)16(15)18(14)21-7-8-23/h5,9,13,23H,6-8,10H2,1-4H3/b11-5+. The lowest BCUT2D eigenvalue weighted by Crippen LogP contribution is -2.09. The number of carbonyl (C=O) groups is 1. The molecule has 1 atom stereocenters. The highest BCUT2D eigenvalue weighted by molar-refractivity contribution is 7.80. The van der Waals surface area contributed by atoms with Gasteiger partial charge in [-0.05, 0) is 43.9 Å². The van der Waals surface area contributed by atoms with Crippen LogP contribution < -0.4 is 9.47 Å². The topological polar surface area (TPSA) is 44.8 Å². The summed E-state index contributed by atoms with van der Waals surface area (Å²) in [7, 11) is 1.66. The van der Waals surface area contributed by atoms with E-state index in [1.807, 2.05) is 19.9 Å². The third-order valence-corrected chi connectivity index (χ3v) is 4.33. The number of benzene rings is 1. The molecule has 0 radical (unpaired) electrons. The van der Waals surface area contributed by atoms with Crippen LogP contribution in [-0.4, -0.2) is 25.8 Å². The van der Waals surface area contributed by atoms with Crippen molar-refractivity contribution in [2.45, 2.75) is 39.9 Å². The van der Waals surface area contributed by atoms with Crippen molar-refractivity contribution in [3.8, 4) is 11.5 Å². The quantitative estimate of drug-likeness (QED) is 0.469. The number of ether oxygens (including phenoxy) is 3. The molecule has 1 aliphatic heterocycles. The van der Waals surface area contributed by atoms with Gasteiger partial charge in [-0.3, -0.25) is 4.79 Å². The van der Waals surface area contributed by atoms with E-state index in [1.165, 1.54) is 0 Å². The number of carbonyl (C=O) groups excluding carboxylic acids is 1. The number of hydrogen-bond acceptors (Lipinski definition) is 5. The van der Waals surface area contributed by atoms with Crippen LogP contribution >= 0.6 is 12.6 Å². The van der Waals surface area contributed by atoms with Crippen LogP contribution in [0.15, 0.2) is 11.6 Å². The molecule has 0 fully saturated rings. The highest BCUT2D eigenvalue weighted by atomic mass is 32.1. The molecule has 126 valence electrons. The first-order valence-electron chi connectivity index (χ1n) is 7.74. The van der Waals surface area contributed by atoms with E-state index in [9.17, 15) is 4.79 Å². The molecule has 0 saturated heterocycles. The number of fused-ring (bicyclic) bond motifs is 1. The minimum absolute atomic E-state index is 0.0144. The van der Waals surface area contributed by atoms with Crippen molar-refractivity contribution in [3.63, 3.8) is 0 Å². The SMILES string of the molecule is COc1c(C)c2c(c(OCCS)c1C/C=C(\C)C=O)C(C)OC2. The summed E-state index contributed by atoms with van der Waals surface area (Å²) < 4.78 is 17.5. The van der Waals surface area contributed by atoms with Crippen molar-refractivity contribution in [1.29, 1.82) is 0 Å². The molecule has 1 unspecified atom stereocenters. The summed E-state index contributed by atoms with van der Waals surface area (Å²) in [6.45, 7) is 6.94. The lowest BCUT2D eigenvalue weighted by Gasteiger charge is -2.21. The third-order valence-electron chi connectivity index (χ3n) is 4.15. The maximum absolute atomic E-state index is 10.9. The molecule has 4 nitrogen and oxygen atoms in total. The van der Waals surface area contributed by atoms with Gasteiger partial charge < -0.3 is 14.2 Å². The second-order valence-corrected chi connectivity index (χ2v) is 6.10. The van der Waals surface area contributed by atoms with Crippen LogP contribution in [0.3, 0.4) is 0 Å². The largest absolute Gasteiger partial charge is 0.496 e. The first-order valence-corrected chi connectivity index (χ1v) is 8.37. The maximum Gasteiger partial charge on any atom is 0.145 e. The van der Waals surface area contributed by atoms with Gasteiger partial charge >= 0.3 is 0 Å². The van der Waals surface area contributed by atoms with Gasteiger partial charge in [0.1, 0.15) is 17.8 Å². The maximum atomic E-state index is 10.9. The first-order chi connectivity index (χ1) is 11.0. The normalized spacial score (nSPS) is 17.1. The van der Waals surface area contributed by atoms with Crippen LogP contribution in [0.2, 0.25) is 0 Å². The van der Waals surface area contributed by atoms with Crippen molar-refractivity contribution in [3.05, 3.63) is 33.9 Å². The molecule has 0 amide bonds. The zero-order valence-electron chi connectivity index (χ0n) is 14.1. The molecule has 1 aromatic rings. The molecule has 0 aliphatic carbocycles. The Kier molecular flexibility index (Phi) is 6.13. The van der Waals surface area contributed by atoms with E-state index < -0.39 is 0 Å². The molecule has 0 saturated carbocycles. The summed E-state index contributed by atoms with van der Waals surface area (Å²) in [4.78, 5) is 10.9. The Morgan fingerprint density at radius 1 is 1.43 bits per heavy atom. The fourth-order valence-corrected chi connectivity index (χ4v) is 3.05. The van der Waals surface area contributed by atoms with E-state index in [2.05, 4.69) is 12.6 Å². The highest BCUT2D eigenvalue weighted by Crippen LogP contribution is 2.46. The average Bonchev–Trinajstić information content (AvgIpc) is 2.94. The first kappa shape index (κ1) is 17.9.